The van der Waals surface area contributed by atoms with E-state index >= 15 is 0 Å². The number of aliphatic hydroxyl groups excluding tert-OH is 1. The van der Waals surface area contributed by atoms with Crippen molar-refractivity contribution in [2.45, 2.75) is 38.6 Å². The fourth-order valence-corrected chi connectivity index (χ4v) is 2.23. The molecule has 1 aliphatic heterocycles. The topological polar surface area (TPSA) is 77.0 Å². The summed E-state index contributed by atoms with van der Waals surface area (Å²) in [5.74, 6) is 2.72. The standard InChI is InChI=1S/C11H20N4O/c12-8-9-4-5-15-10(3-1-2-6-16)13-14-11(15)7-9/h9,16H,1-8,12H2. The molecule has 0 amide bonds. The van der Waals surface area contributed by atoms with Crippen LogP contribution in [-0.4, -0.2) is 33.0 Å². The molecule has 0 aromatic carbocycles. The summed E-state index contributed by atoms with van der Waals surface area (Å²) in [5, 5.41) is 17.2. The first-order valence-corrected chi connectivity index (χ1v) is 6.07. The quantitative estimate of drug-likeness (QED) is 0.696. The van der Waals surface area contributed by atoms with Gasteiger partial charge in [-0.25, -0.2) is 0 Å². The first kappa shape index (κ1) is 11.5. The van der Waals surface area contributed by atoms with Crippen LogP contribution < -0.4 is 5.73 Å². The van der Waals surface area contributed by atoms with E-state index in [-0.39, 0.29) is 6.61 Å². The van der Waals surface area contributed by atoms with E-state index in [1.165, 1.54) is 0 Å². The van der Waals surface area contributed by atoms with Gasteiger partial charge in [0.1, 0.15) is 11.6 Å². The number of aliphatic hydroxyl groups is 1. The second-order valence-corrected chi connectivity index (χ2v) is 4.46. The maximum Gasteiger partial charge on any atom is 0.133 e. The van der Waals surface area contributed by atoms with Gasteiger partial charge in [0.05, 0.1) is 0 Å². The number of aryl methyl sites for hydroxylation is 1. The molecule has 5 heteroatoms. The highest BCUT2D eigenvalue weighted by atomic mass is 16.2. The molecule has 1 aliphatic rings. The summed E-state index contributed by atoms with van der Waals surface area (Å²) >= 11 is 0. The lowest BCUT2D eigenvalue weighted by Crippen LogP contribution is -2.26. The van der Waals surface area contributed by atoms with Gasteiger partial charge in [0.2, 0.25) is 0 Å². The van der Waals surface area contributed by atoms with Crippen LogP contribution in [0.1, 0.15) is 30.9 Å². The van der Waals surface area contributed by atoms with Gasteiger partial charge in [-0.3, -0.25) is 0 Å². The highest BCUT2D eigenvalue weighted by Crippen LogP contribution is 2.19. The number of fused-ring (bicyclic) bond motifs is 1. The molecule has 0 spiro atoms. The predicted octanol–water partition coefficient (Wildman–Crippen LogP) is 0.114. The smallest absolute Gasteiger partial charge is 0.133 e. The molecular formula is C11H20N4O. The minimum atomic E-state index is 0.260. The second kappa shape index (κ2) is 5.41. The maximum atomic E-state index is 8.74. The fraction of sp³-hybridized carbons (Fsp3) is 0.818. The van der Waals surface area contributed by atoms with Gasteiger partial charge in [-0.1, -0.05) is 0 Å². The Balaban J connectivity index is 1.99. The first-order chi connectivity index (χ1) is 7.85. The molecule has 1 unspecified atom stereocenters. The Morgan fingerprint density at radius 1 is 1.38 bits per heavy atom. The van der Waals surface area contributed by atoms with Crippen LogP contribution in [-0.2, 0) is 19.4 Å². The summed E-state index contributed by atoms with van der Waals surface area (Å²) < 4.78 is 2.23. The van der Waals surface area contributed by atoms with E-state index in [1.807, 2.05) is 0 Å². The highest BCUT2D eigenvalue weighted by molar-refractivity contribution is 5.00. The van der Waals surface area contributed by atoms with Crippen molar-refractivity contribution in [3.05, 3.63) is 11.6 Å². The van der Waals surface area contributed by atoms with Gasteiger partial charge >= 0.3 is 0 Å². The molecule has 16 heavy (non-hydrogen) atoms. The van der Waals surface area contributed by atoms with Crippen molar-refractivity contribution >= 4 is 0 Å². The van der Waals surface area contributed by atoms with Gasteiger partial charge in [-0.05, 0) is 31.7 Å². The van der Waals surface area contributed by atoms with Crippen molar-refractivity contribution in [2.24, 2.45) is 11.7 Å². The Morgan fingerprint density at radius 3 is 3.00 bits per heavy atom. The number of nitrogens with two attached hydrogens (primary N) is 1. The molecule has 5 nitrogen and oxygen atoms in total. The van der Waals surface area contributed by atoms with Crippen LogP contribution in [0.2, 0.25) is 0 Å². The summed E-state index contributed by atoms with van der Waals surface area (Å²) in [5.41, 5.74) is 5.68. The molecule has 0 saturated carbocycles. The summed E-state index contributed by atoms with van der Waals surface area (Å²) in [7, 11) is 0. The normalized spacial score (nSPS) is 19.8. The van der Waals surface area contributed by atoms with Crippen molar-refractivity contribution < 1.29 is 5.11 Å². The van der Waals surface area contributed by atoms with Crippen LogP contribution >= 0.6 is 0 Å². The van der Waals surface area contributed by atoms with E-state index in [4.69, 9.17) is 10.8 Å². The SMILES string of the molecule is NCC1CCn2c(CCCCO)nnc2C1. The minimum Gasteiger partial charge on any atom is -0.396 e. The van der Waals surface area contributed by atoms with Crippen LogP contribution in [0.5, 0.6) is 0 Å². The largest absolute Gasteiger partial charge is 0.396 e. The van der Waals surface area contributed by atoms with Crippen LogP contribution in [0.25, 0.3) is 0 Å². The fourth-order valence-electron chi connectivity index (χ4n) is 2.23. The third-order valence-electron chi connectivity index (χ3n) is 3.28. The summed E-state index contributed by atoms with van der Waals surface area (Å²) in [6.07, 6.45) is 4.83. The summed E-state index contributed by atoms with van der Waals surface area (Å²) in [6, 6.07) is 0. The molecule has 1 aromatic heterocycles. The zero-order valence-corrected chi connectivity index (χ0v) is 9.60. The lowest BCUT2D eigenvalue weighted by molar-refractivity contribution is 0.283. The van der Waals surface area contributed by atoms with Crippen LogP contribution in [0.3, 0.4) is 0 Å². The van der Waals surface area contributed by atoms with Gasteiger partial charge in [-0.2, -0.15) is 0 Å². The van der Waals surface area contributed by atoms with Gasteiger partial charge in [0.15, 0.2) is 0 Å². The average Bonchev–Trinajstić information content (AvgIpc) is 2.72. The zero-order valence-electron chi connectivity index (χ0n) is 9.60. The van der Waals surface area contributed by atoms with Crippen LogP contribution in [0, 0.1) is 5.92 Å². The van der Waals surface area contributed by atoms with Crippen LogP contribution in [0.15, 0.2) is 0 Å². The molecule has 1 atom stereocenters. The Kier molecular flexibility index (Phi) is 3.90. The zero-order chi connectivity index (χ0) is 11.4. The van der Waals surface area contributed by atoms with Gasteiger partial charge < -0.3 is 15.4 Å². The van der Waals surface area contributed by atoms with E-state index in [2.05, 4.69) is 14.8 Å². The Hall–Kier alpha value is -0.940. The Morgan fingerprint density at radius 2 is 2.25 bits per heavy atom. The molecule has 0 saturated heterocycles. The molecule has 0 radical (unpaired) electrons. The number of hydrogen-bond donors (Lipinski definition) is 2. The molecule has 0 fully saturated rings. The Bertz CT molecular complexity index is 337. The lowest BCUT2D eigenvalue weighted by atomic mass is 9.98. The van der Waals surface area contributed by atoms with Crippen LogP contribution in [0.4, 0.5) is 0 Å². The molecule has 2 heterocycles. The average molecular weight is 224 g/mol. The molecule has 3 N–H and O–H groups in total. The number of nitrogens with zero attached hydrogens (tertiary/aromatic N) is 3. The minimum absolute atomic E-state index is 0.260. The maximum absolute atomic E-state index is 8.74. The molecular weight excluding hydrogens is 204 g/mol. The van der Waals surface area contributed by atoms with Gasteiger partial charge in [-0.15, -0.1) is 10.2 Å². The van der Waals surface area contributed by atoms with E-state index < -0.39 is 0 Å². The van der Waals surface area contributed by atoms with E-state index in [0.717, 1.165) is 56.8 Å². The number of hydrogen-bond acceptors (Lipinski definition) is 4. The number of rotatable bonds is 5. The molecule has 2 rings (SSSR count). The predicted molar refractivity (Wildman–Crippen MR) is 60.9 cm³/mol. The second-order valence-electron chi connectivity index (χ2n) is 4.46. The third kappa shape index (κ3) is 2.41. The van der Waals surface area contributed by atoms with Gasteiger partial charge in [0, 0.05) is 26.0 Å². The monoisotopic (exact) mass is 224 g/mol. The van der Waals surface area contributed by atoms with Crippen molar-refractivity contribution in [3.8, 4) is 0 Å². The molecule has 0 bridgehead atoms. The van der Waals surface area contributed by atoms with E-state index in [0.29, 0.717) is 5.92 Å². The third-order valence-corrected chi connectivity index (χ3v) is 3.28. The van der Waals surface area contributed by atoms with E-state index in [1.54, 1.807) is 0 Å². The Labute approximate surface area is 95.7 Å². The summed E-state index contributed by atoms with van der Waals surface area (Å²) in [6.45, 7) is 2.00. The molecule has 0 aliphatic carbocycles. The molecule has 90 valence electrons. The van der Waals surface area contributed by atoms with Crippen molar-refractivity contribution in [1.29, 1.82) is 0 Å². The van der Waals surface area contributed by atoms with Gasteiger partial charge in [0.25, 0.3) is 0 Å². The lowest BCUT2D eigenvalue weighted by Gasteiger charge is -2.22. The number of aromatic nitrogens is 3. The first-order valence-electron chi connectivity index (χ1n) is 6.07. The highest BCUT2D eigenvalue weighted by Gasteiger charge is 2.21. The molecule has 1 aromatic rings. The van der Waals surface area contributed by atoms with Crippen molar-refractivity contribution in [3.63, 3.8) is 0 Å². The number of unbranched alkanes of at least 4 members (excludes halogenated alkanes) is 1. The van der Waals surface area contributed by atoms with Crippen molar-refractivity contribution in [1.82, 2.24) is 14.8 Å². The summed E-state index contributed by atoms with van der Waals surface area (Å²) in [4.78, 5) is 0. The van der Waals surface area contributed by atoms with E-state index in [9.17, 15) is 0 Å². The van der Waals surface area contributed by atoms with Crippen molar-refractivity contribution in [2.75, 3.05) is 13.2 Å².